The number of rotatable bonds is 0. The third-order valence-electron chi connectivity index (χ3n) is 10.6. The lowest BCUT2D eigenvalue weighted by Crippen LogP contribution is -2.80. The van der Waals surface area contributed by atoms with Crippen molar-refractivity contribution >= 4 is 11.9 Å². The van der Waals surface area contributed by atoms with Gasteiger partial charge in [0.05, 0.1) is 23.2 Å². The minimum atomic E-state index is -1.62. The highest BCUT2D eigenvalue weighted by Crippen LogP contribution is 2.74. The number of carbonyl (C=O) groups is 2. The Labute approximate surface area is 227 Å². The van der Waals surface area contributed by atoms with Gasteiger partial charge in [-0.1, -0.05) is 30.7 Å². The Balaban J connectivity index is 1.41. The third-order valence-corrected chi connectivity index (χ3v) is 10.6. The first-order chi connectivity index (χ1) is 18.3. The molecule has 12 atom stereocenters. The van der Waals surface area contributed by atoms with Crippen LogP contribution in [0.25, 0.3) is 0 Å². The Bertz CT molecular complexity index is 1140. The second kappa shape index (κ2) is 8.96. The van der Waals surface area contributed by atoms with E-state index in [0.717, 1.165) is 5.57 Å². The molecule has 3 saturated carbocycles. The van der Waals surface area contributed by atoms with Crippen molar-refractivity contribution in [2.45, 2.75) is 107 Å². The van der Waals surface area contributed by atoms with Gasteiger partial charge in [-0.15, -0.1) is 0 Å². The molecule has 214 valence electrons. The van der Waals surface area contributed by atoms with Crippen molar-refractivity contribution < 1.29 is 48.6 Å². The molecular formula is C29H38O10. The monoisotopic (exact) mass is 546 g/mol. The first kappa shape index (κ1) is 27.1. The van der Waals surface area contributed by atoms with E-state index in [-0.39, 0.29) is 25.2 Å². The Kier molecular flexibility index (Phi) is 6.23. The molecule has 3 saturated heterocycles. The molecule has 8 bridgehead atoms. The molecule has 0 unspecified atom stereocenters. The van der Waals surface area contributed by atoms with Gasteiger partial charge in [0.1, 0.15) is 36.6 Å². The molecule has 6 fully saturated rings. The van der Waals surface area contributed by atoms with Crippen molar-refractivity contribution in [2.75, 3.05) is 6.61 Å². The molecule has 0 aromatic carbocycles. The molecule has 1 spiro atoms. The molecule has 4 aliphatic heterocycles. The molecule has 39 heavy (non-hydrogen) atoms. The zero-order valence-electron chi connectivity index (χ0n) is 22.7. The van der Waals surface area contributed by atoms with Crippen LogP contribution in [0, 0.1) is 16.7 Å². The zero-order valence-corrected chi connectivity index (χ0v) is 22.7. The fourth-order valence-electron chi connectivity index (χ4n) is 8.34. The van der Waals surface area contributed by atoms with E-state index >= 15 is 0 Å². The predicted molar refractivity (Wildman–Crippen MR) is 135 cm³/mol. The maximum absolute atomic E-state index is 13.0. The average molecular weight is 547 g/mol. The second-order valence-corrected chi connectivity index (χ2v) is 12.7. The number of esters is 2. The van der Waals surface area contributed by atoms with Crippen molar-refractivity contribution in [3.8, 4) is 0 Å². The number of cyclic esters (lactones) is 1. The van der Waals surface area contributed by atoms with Crippen molar-refractivity contribution in [1.82, 2.24) is 0 Å². The Morgan fingerprint density at radius 3 is 2.51 bits per heavy atom. The minimum Gasteiger partial charge on any atom is -0.462 e. The third kappa shape index (κ3) is 3.75. The van der Waals surface area contributed by atoms with Crippen molar-refractivity contribution in [3.05, 3.63) is 36.0 Å². The SMILES string of the molecule is C/C1=C\C(=O)OC[C@]23CC[C@](C)(O)[C@H]4C[C@]5(O)[C@H](O[C@H]42)[C@H](O)[C@@H](OC(=O)/C=C\C=C\[C@@H]2O[C@H](C1)O[C@H]2C)[C@]35C. The molecule has 7 rings (SSSR count). The van der Waals surface area contributed by atoms with Gasteiger partial charge in [-0.2, -0.15) is 0 Å². The molecule has 3 aliphatic carbocycles. The maximum atomic E-state index is 13.0. The van der Waals surface area contributed by atoms with Gasteiger partial charge in [0, 0.05) is 29.9 Å². The number of fused-ring (bicyclic) bond motifs is 2. The van der Waals surface area contributed by atoms with Gasteiger partial charge in [-0.3, -0.25) is 0 Å². The lowest BCUT2D eigenvalue weighted by Gasteiger charge is -2.71. The predicted octanol–water partition coefficient (Wildman–Crippen LogP) is 1.46. The van der Waals surface area contributed by atoms with E-state index in [4.69, 9.17) is 23.7 Å². The molecule has 10 nitrogen and oxygen atoms in total. The highest BCUT2D eigenvalue weighted by atomic mass is 16.7. The van der Waals surface area contributed by atoms with E-state index in [1.807, 2.05) is 6.92 Å². The van der Waals surface area contributed by atoms with Crippen molar-refractivity contribution in [3.63, 3.8) is 0 Å². The molecule has 0 aromatic rings. The second-order valence-electron chi connectivity index (χ2n) is 12.7. The smallest absolute Gasteiger partial charge is 0.331 e. The van der Waals surface area contributed by atoms with Crippen LogP contribution in [-0.2, 0) is 33.3 Å². The topological polar surface area (TPSA) is 141 Å². The van der Waals surface area contributed by atoms with E-state index in [0.29, 0.717) is 19.3 Å². The lowest BCUT2D eigenvalue weighted by atomic mass is 9.40. The lowest BCUT2D eigenvalue weighted by molar-refractivity contribution is -0.378. The summed E-state index contributed by atoms with van der Waals surface area (Å²) in [7, 11) is 0. The van der Waals surface area contributed by atoms with Crippen LogP contribution in [0.5, 0.6) is 0 Å². The summed E-state index contributed by atoms with van der Waals surface area (Å²) in [5.74, 6) is -1.70. The normalized spacial score (nSPS) is 56.0. The van der Waals surface area contributed by atoms with E-state index < -0.39 is 70.6 Å². The first-order valence-corrected chi connectivity index (χ1v) is 13.8. The van der Waals surface area contributed by atoms with Gasteiger partial charge < -0.3 is 39.0 Å². The zero-order chi connectivity index (χ0) is 28.0. The summed E-state index contributed by atoms with van der Waals surface area (Å²) in [6, 6.07) is 0. The molecular weight excluding hydrogens is 508 g/mol. The number of hydrogen-bond acceptors (Lipinski definition) is 10. The van der Waals surface area contributed by atoms with E-state index in [9.17, 15) is 24.9 Å². The van der Waals surface area contributed by atoms with Crippen LogP contribution < -0.4 is 0 Å². The summed E-state index contributed by atoms with van der Waals surface area (Å²) < 4.78 is 29.9. The van der Waals surface area contributed by atoms with Crippen LogP contribution in [0.1, 0.15) is 53.4 Å². The van der Waals surface area contributed by atoms with Gasteiger partial charge in [-0.05, 0) is 40.0 Å². The van der Waals surface area contributed by atoms with Crippen LogP contribution in [-0.4, -0.2) is 88.0 Å². The number of hydrogen-bond donors (Lipinski definition) is 3. The maximum Gasteiger partial charge on any atom is 0.331 e. The molecule has 3 N–H and O–H groups in total. The molecule has 10 heteroatoms. The van der Waals surface area contributed by atoms with Crippen molar-refractivity contribution in [2.24, 2.45) is 16.7 Å². The largest absolute Gasteiger partial charge is 0.462 e. The van der Waals surface area contributed by atoms with Crippen LogP contribution >= 0.6 is 0 Å². The standard InChI is InChI=1S/C29H38O10/c1-15-11-20(31)35-14-28-10-9-26(3,33)17-13-29(34)25(39-23(17)28)22(32)24(27(28,29)4)38-19(30)8-6-5-7-18-16(2)36-21(12-15)37-18/h5-8,11,16-18,21-25,32-34H,9-10,12-14H2,1-4H3/b7-5+,8-6-,15-11+/t16-,17-,18-,21+,22+,23+,24+,25+,26-,27+,28+,29-/m0/s1. The summed E-state index contributed by atoms with van der Waals surface area (Å²) in [4.78, 5) is 26.0. The highest BCUT2D eigenvalue weighted by molar-refractivity contribution is 5.83. The molecule has 0 aromatic heterocycles. The molecule has 7 aliphatic rings. The fraction of sp³-hybridized carbons (Fsp3) is 0.724. The summed E-state index contributed by atoms with van der Waals surface area (Å²) in [6.07, 6.45) is 3.79. The summed E-state index contributed by atoms with van der Waals surface area (Å²) in [5.41, 5.74) is -4.23. The Morgan fingerprint density at radius 1 is 0.974 bits per heavy atom. The summed E-state index contributed by atoms with van der Waals surface area (Å²) in [6.45, 7) is 7.08. The highest BCUT2D eigenvalue weighted by Gasteiger charge is 2.86. The molecule has 4 heterocycles. The quantitative estimate of drug-likeness (QED) is 0.383. The van der Waals surface area contributed by atoms with E-state index in [2.05, 4.69) is 0 Å². The Morgan fingerprint density at radius 2 is 1.74 bits per heavy atom. The summed E-state index contributed by atoms with van der Waals surface area (Å²) >= 11 is 0. The number of aliphatic hydroxyl groups is 3. The van der Waals surface area contributed by atoms with Gasteiger partial charge >= 0.3 is 11.9 Å². The van der Waals surface area contributed by atoms with Gasteiger partial charge in [-0.25, -0.2) is 9.59 Å². The van der Waals surface area contributed by atoms with E-state index in [1.54, 1.807) is 39.0 Å². The van der Waals surface area contributed by atoms with Crippen LogP contribution in [0.3, 0.4) is 0 Å². The number of aliphatic hydroxyl groups excluding tert-OH is 1. The fourth-order valence-corrected chi connectivity index (χ4v) is 8.34. The Hall–Kier alpha value is -2.08. The van der Waals surface area contributed by atoms with Crippen LogP contribution in [0.15, 0.2) is 36.0 Å². The number of carbonyl (C=O) groups excluding carboxylic acids is 2. The first-order valence-electron chi connectivity index (χ1n) is 13.8. The van der Waals surface area contributed by atoms with Crippen LogP contribution in [0.4, 0.5) is 0 Å². The van der Waals surface area contributed by atoms with Crippen molar-refractivity contribution in [1.29, 1.82) is 0 Å². The van der Waals surface area contributed by atoms with Gasteiger partial charge in [0.25, 0.3) is 0 Å². The van der Waals surface area contributed by atoms with E-state index in [1.165, 1.54) is 12.2 Å². The van der Waals surface area contributed by atoms with Gasteiger partial charge in [0.15, 0.2) is 6.29 Å². The van der Waals surface area contributed by atoms with Crippen LogP contribution in [0.2, 0.25) is 0 Å². The molecule has 0 radical (unpaired) electrons. The minimum absolute atomic E-state index is 0.132. The van der Waals surface area contributed by atoms with Gasteiger partial charge in [0.2, 0.25) is 0 Å². The number of allylic oxidation sites excluding steroid dienone is 2. The molecule has 0 amide bonds. The summed E-state index contributed by atoms with van der Waals surface area (Å²) in [5, 5.41) is 34.8. The average Bonchev–Trinajstić information content (AvgIpc) is 3.25. The number of ether oxygens (including phenoxy) is 5.